The van der Waals surface area contributed by atoms with Crippen molar-refractivity contribution in [1.82, 2.24) is 0 Å². The van der Waals surface area contributed by atoms with Gasteiger partial charge in [-0.05, 0) is 48.0 Å². The minimum absolute atomic E-state index is 0.0276. The van der Waals surface area contributed by atoms with Gasteiger partial charge in [0.1, 0.15) is 5.75 Å². The van der Waals surface area contributed by atoms with Gasteiger partial charge in [0, 0.05) is 5.56 Å². The van der Waals surface area contributed by atoms with Crippen LogP contribution in [0.25, 0.3) is 6.08 Å². The summed E-state index contributed by atoms with van der Waals surface area (Å²) in [6.07, 6.45) is 1.48. The van der Waals surface area contributed by atoms with Crippen LogP contribution in [0.5, 0.6) is 17.2 Å². The van der Waals surface area contributed by atoms with Gasteiger partial charge in [-0.25, -0.2) is 9.79 Å². The van der Waals surface area contributed by atoms with Crippen molar-refractivity contribution in [3.8, 4) is 17.2 Å². The molecule has 1 aliphatic heterocycles. The molecule has 30 heavy (non-hydrogen) atoms. The number of nitrogens with zero attached hydrogens (tertiary/aromatic N) is 1. The van der Waals surface area contributed by atoms with Gasteiger partial charge in [-0.3, -0.25) is 4.79 Å². The molecular weight excluding hydrogens is 402 g/mol. The van der Waals surface area contributed by atoms with Crippen LogP contribution in [0, 0.1) is 0 Å². The van der Waals surface area contributed by atoms with E-state index in [-0.39, 0.29) is 24.0 Å². The van der Waals surface area contributed by atoms with Crippen LogP contribution >= 0.6 is 0 Å². The number of benzene rings is 2. The van der Waals surface area contributed by atoms with Crippen LogP contribution in [-0.4, -0.2) is 38.1 Å². The minimum atomic E-state index is -2.93. The number of aliphatic imine (C=N–C) groups is 1. The van der Waals surface area contributed by atoms with E-state index >= 15 is 0 Å². The fourth-order valence-electron chi connectivity index (χ4n) is 2.51. The summed E-state index contributed by atoms with van der Waals surface area (Å²) in [7, 11) is 1.42. The Balaban J connectivity index is 1.80. The Morgan fingerprint density at radius 3 is 2.57 bits per heavy atom. The molecule has 2 aromatic carbocycles. The fourth-order valence-corrected chi connectivity index (χ4v) is 2.51. The summed E-state index contributed by atoms with van der Waals surface area (Å²) in [6.45, 7) is -3.24. The van der Waals surface area contributed by atoms with E-state index in [0.717, 1.165) is 0 Å². The number of carbonyl (C=O) groups excluding carboxylic acids is 2. The van der Waals surface area contributed by atoms with Gasteiger partial charge in [0.05, 0.1) is 7.11 Å². The van der Waals surface area contributed by atoms with Crippen LogP contribution in [0.2, 0.25) is 0 Å². The van der Waals surface area contributed by atoms with Gasteiger partial charge in [0.2, 0.25) is 5.90 Å². The number of carbonyl (C=O) groups is 2. The number of halogens is 2. The predicted octanol–water partition coefficient (Wildman–Crippen LogP) is 2.51. The third kappa shape index (κ3) is 5.10. The maximum atomic E-state index is 12.2. The van der Waals surface area contributed by atoms with Crippen molar-refractivity contribution in [2.45, 2.75) is 6.61 Å². The van der Waals surface area contributed by atoms with Crippen molar-refractivity contribution in [2.24, 2.45) is 10.7 Å². The van der Waals surface area contributed by atoms with Crippen molar-refractivity contribution in [1.29, 1.82) is 0 Å². The molecule has 1 amide bonds. The number of ether oxygens (including phenoxy) is 4. The molecule has 0 spiro atoms. The summed E-state index contributed by atoms with van der Waals surface area (Å²) in [4.78, 5) is 27.1. The molecule has 0 bridgehead atoms. The van der Waals surface area contributed by atoms with Gasteiger partial charge in [-0.15, -0.1) is 0 Å². The summed E-state index contributed by atoms with van der Waals surface area (Å²) in [6, 6.07) is 10.3. The lowest BCUT2D eigenvalue weighted by atomic mass is 10.1. The number of methoxy groups -OCH3 is 1. The third-order valence-electron chi connectivity index (χ3n) is 3.81. The number of esters is 1. The summed E-state index contributed by atoms with van der Waals surface area (Å²) in [5.41, 5.74) is 6.07. The third-order valence-corrected chi connectivity index (χ3v) is 3.81. The second-order valence-electron chi connectivity index (χ2n) is 5.90. The molecular formula is C20H16F2N2O6. The van der Waals surface area contributed by atoms with E-state index in [1.54, 1.807) is 18.2 Å². The normalized spacial score (nSPS) is 14.5. The molecule has 3 rings (SSSR count). The zero-order chi connectivity index (χ0) is 21.7. The second-order valence-corrected chi connectivity index (χ2v) is 5.90. The number of cyclic esters (lactones) is 1. The molecule has 0 fully saturated rings. The molecule has 10 heteroatoms. The van der Waals surface area contributed by atoms with Crippen molar-refractivity contribution >= 4 is 23.9 Å². The number of hydrogen-bond donors (Lipinski definition) is 1. The van der Waals surface area contributed by atoms with Gasteiger partial charge >= 0.3 is 12.6 Å². The number of nitrogens with two attached hydrogens (primary N) is 1. The highest BCUT2D eigenvalue weighted by molar-refractivity contribution is 6.12. The summed E-state index contributed by atoms with van der Waals surface area (Å²) < 4.78 is 44.3. The van der Waals surface area contributed by atoms with Gasteiger partial charge in [-0.1, -0.05) is 6.07 Å². The first-order chi connectivity index (χ1) is 14.4. The minimum Gasteiger partial charge on any atom is -0.493 e. The number of hydrogen-bond acceptors (Lipinski definition) is 7. The number of primary amides is 1. The SMILES string of the molecule is COc1cc(/C=C2/N=C(c3ccc(OC(F)F)cc3)OC2=O)ccc1OCC(N)=O. The first kappa shape index (κ1) is 20.8. The number of alkyl halides is 2. The molecule has 0 radical (unpaired) electrons. The molecule has 2 N–H and O–H groups in total. The largest absolute Gasteiger partial charge is 0.493 e. The van der Waals surface area contributed by atoms with Gasteiger partial charge in [-0.2, -0.15) is 8.78 Å². The Hall–Kier alpha value is -3.95. The molecule has 2 aromatic rings. The zero-order valence-electron chi connectivity index (χ0n) is 15.6. The first-order valence-corrected chi connectivity index (χ1v) is 8.52. The van der Waals surface area contributed by atoms with Crippen LogP contribution < -0.4 is 19.9 Å². The number of amides is 1. The Morgan fingerprint density at radius 2 is 1.93 bits per heavy atom. The van der Waals surface area contributed by atoms with E-state index in [4.69, 9.17) is 19.9 Å². The van der Waals surface area contributed by atoms with Crippen LogP contribution in [0.1, 0.15) is 11.1 Å². The van der Waals surface area contributed by atoms with Gasteiger partial charge in [0.15, 0.2) is 23.8 Å². The average molecular weight is 418 g/mol. The Morgan fingerprint density at radius 1 is 1.20 bits per heavy atom. The van der Waals surface area contributed by atoms with Gasteiger partial charge < -0.3 is 24.7 Å². The van der Waals surface area contributed by atoms with E-state index in [0.29, 0.717) is 22.6 Å². The van der Waals surface area contributed by atoms with E-state index in [1.807, 2.05) is 0 Å². The van der Waals surface area contributed by atoms with Crippen LogP contribution in [0.15, 0.2) is 53.2 Å². The van der Waals surface area contributed by atoms with E-state index < -0.39 is 18.5 Å². The molecule has 0 aliphatic carbocycles. The highest BCUT2D eigenvalue weighted by atomic mass is 19.3. The highest BCUT2D eigenvalue weighted by Crippen LogP contribution is 2.30. The smallest absolute Gasteiger partial charge is 0.387 e. The molecule has 0 aromatic heterocycles. The standard InChI is InChI=1S/C20H16F2N2O6/c1-27-16-9-11(2-7-15(16)28-10-17(23)25)8-14-19(26)30-18(24-14)12-3-5-13(6-4-12)29-20(21)22/h2-9,20H,10H2,1H3,(H2,23,25)/b14-8+. The maximum absolute atomic E-state index is 12.2. The van der Waals surface area contributed by atoms with Crippen LogP contribution in [0.3, 0.4) is 0 Å². The quantitative estimate of drug-likeness (QED) is 0.521. The van der Waals surface area contributed by atoms with Gasteiger partial charge in [0.25, 0.3) is 5.91 Å². The lowest BCUT2D eigenvalue weighted by Gasteiger charge is -2.09. The van der Waals surface area contributed by atoms with Crippen molar-refractivity contribution < 1.29 is 37.3 Å². The summed E-state index contributed by atoms with van der Waals surface area (Å²) >= 11 is 0. The monoisotopic (exact) mass is 418 g/mol. The number of rotatable bonds is 8. The van der Waals surface area contributed by atoms with Crippen LogP contribution in [0.4, 0.5) is 8.78 Å². The highest BCUT2D eigenvalue weighted by Gasteiger charge is 2.24. The molecule has 0 atom stereocenters. The van der Waals surface area contributed by atoms with E-state index in [9.17, 15) is 18.4 Å². The molecule has 0 saturated carbocycles. The maximum Gasteiger partial charge on any atom is 0.387 e. The molecule has 156 valence electrons. The average Bonchev–Trinajstić information content (AvgIpc) is 3.07. The summed E-state index contributed by atoms with van der Waals surface area (Å²) in [5.74, 6) is -0.666. The predicted molar refractivity (Wildman–Crippen MR) is 101 cm³/mol. The Labute approximate surface area is 169 Å². The van der Waals surface area contributed by atoms with Crippen molar-refractivity contribution in [3.05, 3.63) is 59.3 Å². The summed E-state index contributed by atoms with van der Waals surface area (Å²) in [5, 5.41) is 0. The lowest BCUT2D eigenvalue weighted by molar-refractivity contribution is -0.130. The van der Waals surface area contributed by atoms with Crippen molar-refractivity contribution in [2.75, 3.05) is 13.7 Å². The molecule has 0 unspecified atom stereocenters. The second kappa shape index (κ2) is 9.03. The van der Waals surface area contributed by atoms with E-state index in [2.05, 4.69) is 9.73 Å². The molecule has 1 aliphatic rings. The van der Waals surface area contributed by atoms with E-state index in [1.165, 1.54) is 37.5 Å². The topological polar surface area (TPSA) is 109 Å². The van der Waals surface area contributed by atoms with Crippen molar-refractivity contribution in [3.63, 3.8) is 0 Å². The Bertz CT molecular complexity index is 1020. The first-order valence-electron chi connectivity index (χ1n) is 8.52. The molecule has 8 nitrogen and oxygen atoms in total. The Kier molecular flexibility index (Phi) is 6.26. The van der Waals surface area contributed by atoms with Crippen LogP contribution in [-0.2, 0) is 14.3 Å². The fraction of sp³-hybridized carbons (Fsp3) is 0.150. The lowest BCUT2D eigenvalue weighted by Crippen LogP contribution is -2.20. The molecule has 1 heterocycles. The zero-order valence-corrected chi connectivity index (χ0v) is 15.6. The molecule has 0 saturated heterocycles.